The molecule has 96 valence electrons. The maximum atomic E-state index is 12.1. The first-order valence-corrected chi connectivity index (χ1v) is 7.27. The first-order chi connectivity index (χ1) is 8.51. The van der Waals surface area contributed by atoms with Crippen LogP contribution in [0.1, 0.15) is 17.5 Å². The minimum Gasteiger partial charge on any atom is -0.392 e. The maximum absolute atomic E-state index is 12.1. The molecule has 18 heavy (non-hydrogen) atoms. The number of sulfonamides is 1. The summed E-state index contributed by atoms with van der Waals surface area (Å²) in [6, 6.07) is 8.54. The molecule has 0 aliphatic carbocycles. The summed E-state index contributed by atoms with van der Waals surface area (Å²) in [6.45, 7) is 0.529. The molecule has 1 aliphatic heterocycles. The summed E-state index contributed by atoms with van der Waals surface area (Å²) < 4.78 is 25.5. The van der Waals surface area contributed by atoms with Gasteiger partial charge in [-0.25, -0.2) is 8.42 Å². The molecule has 1 aliphatic rings. The van der Waals surface area contributed by atoms with Crippen molar-refractivity contribution in [2.75, 3.05) is 13.1 Å². The average Bonchev–Trinajstić information content (AvgIpc) is 2.76. The van der Waals surface area contributed by atoms with Crippen LogP contribution in [0.5, 0.6) is 0 Å². The first kappa shape index (κ1) is 13.0. The van der Waals surface area contributed by atoms with Gasteiger partial charge in [-0.15, -0.1) is 0 Å². The molecule has 0 radical (unpaired) electrons. The van der Waals surface area contributed by atoms with Crippen LogP contribution in [-0.4, -0.2) is 37.0 Å². The van der Waals surface area contributed by atoms with Gasteiger partial charge in [0, 0.05) is 13.1 Å². The Balaban J connectivity index is 2.15. The van der Waals surface area contributed by atoms with Gasteiger partial charge in [0.1, 0.15) is 0 Å². The average molecular weight is 266 g/mol. The fraction of sp³-hybridized carbons (Fsp3) is 0.417. The van der Waals surface area contributed by atoms with Gasteiger partial charge >= 0.3 is 0 Å². The highest BCUT2D eigenvalue weighted by atomic mass is 32.2. The smallest absolute Gasteiger partial charge is 0.218 e. The summed E-state index contributed by atoms with van der Waals surface area (Å²) in [6.07, 6.45) is -0.0810. The second kappa shape index (κ2) is 5.06. The van der Waals surface area contributed by atoms with Crippen molar-refractivity contribution in [1.82, 2.24) is 4.31 Å². The van der Waals surface area contributed by atoms with Gasteiger partial charge in [0.15, 0.2) is 0 Å². The number of nitrogens with zero attached hydrogens (tertiary/aromatic N) is 2. The van der Waals surface area contributed by atoms with Gasteiger partial charge in [-0.2, -0.15) is 9.57 Å². The normalized spacial score (nSPS) is 20.8. The van der Waals surface area contributed by atoms with Crippen molar-refractivity contribution in [1.29, 1.82) is 5.26 Å². The molecule has 0 saturated carbocycles. The molecule has 0 amide bonds. The summed E-state index contributed by atoms with van der Waals surface area (Å²) in [4.78, 5) is 0. The number of hydrogen-bond acceptors (Lipinski definition) is 4. The molecule has 1 aromatic rings. The standard InChI is InChI=1S/C12H14N2O3S/c13-7-10-2-1-3-11(6-10)9-18(16,17)14-5-4-12(15)8-14/h1-3,6,12,15H,4-5,8-9H2/t12-/m0/s1. The predicted octanol–water partition coefficient (Wildman–Crippen LogP) is 0.455. The van der Waals surface area contributed by atoms with Crippen molar-refractivity contribution < 1.29 is 13.5 Å². The van der Waals surface area contributed by atoms with Crippen LogP contribution in [0.2, 0.25) is 0 Å². The van der Waals surface area contributed by atoms with Crippen molar-refractivity contribution in [3.63, 3.8) is 0 Å². The molecular weight excluding hydrogens is 252 g/mol. The molecule has 5 nitrogen and oxygen atoms in total. The van der Waals surface area contributed by atoms with E-state index in [1.807, 2.05) is 6.07 Å². The summed E-state index contributed by atoms with van der Waals surface area (Å²) in [5, 5.41) is 18.1. The lowest BCUT2D eigenvalue weighted by atomic mass is 10.2. The predicted molar refractivity (Wildman–Crippen MR) is 66.0 cm³/mol. The van der Waals surface area contributed by atoms with Gasteiger partial charge in [-0.1, -0.05) is 12.1 Å². The van der Waals surface area contributed by atoms with Crippen molar-refractivity contribution in [3.8, 4) is 6.07 Å². The lowest BCUT2D eigenvalue weighted by Gasteiger charge is -2.15. The van der Waals surface area contributed by atoms with E-state index in [4.69, 9.17) is 5.26 Å². The van der Waals surface area contributed by atoms with Crippen LogP contribution < -0.4 is 0 Å². The molecule has 1 heterocycles. The van der Waals surface area contributed by atoms with E-state index in [0.717, 1.165) is 0 Å². The second-order valence-corrected chi connectivity index (χ2v) is 6.34. The minimum absolute atomic E-state index is 0.130. The molecule has 1 atom stereocenters. The van der Waals surface area contributed by atoms with Crippen LogP contribution >= 0.6 is 0 Å². The minimum atomic E-state index is -3.41. The lowest BCUT2D eigenvalue weighted by molar-refractivity contribution is 0.189. The van der Waals surface area contributed by atoms with E-state index in [-0.39, 0.29) is 12.3 Å². The van der Waals surface area contributed by atoms with E-state index >= 15 is 0 Å². The fourth-order valence-electron chi connectivity index (χ4n) is 2.00. The Morgan fingerprint density at radius 2 is 2.28 bits per heavy atom. The summed E-state index contributed by atoms with van der Waals surface area (Å²) in [7, 11) is -3.41. The zero-order chi connectivity index (χ0) is 13.2. The van der Waals surface area contributed by atoms with Crippen molar-refractivity contribution >= 4 is 10.0 Å². The number of rotatable bonds is 3. The van der Waals surface area contributed by atoms with Crippen LogP contribution in [0.4, 0.5) is 0 Å². The third-order valence-corrected chi connectivity index (χ3v) is 4.74. The third-order valence-electron chi connectivity index (χ3n) is 2.92. The molecule has 1 fully saturated rings. The Kier molecular flexibility index (Phi) is 3.66. The van der Waals surface area contributed by atoms with Crippen LogP contribution in [0.3, 0.4) is 0 Å². The Morgan fingerprint density at radius 3 is 2.89 bits per heavy atom. The molecule has 0 unspecified atom stereocenters. The fourth-order valence-corrected chi connectivity index (χ4v) is 3.56. The zero-order valence-electron chi connectivity index (χ0n) is 9.78. The van der Waals surface area contributed by atoms with Gasteiger partial charge in [-0.05, 0) is 24.1 Å². The van der Waals surface area contributed by atoms with E-state index in [1.54, 1.807) is 24.3 Å². The molecule has 0 aromatic heterocycles. The quantitative estimate of drug-likeness (QED) is 0.861. The summed E-state index contributed by atoms with van der Waals surface area (Å²) in [5.74, 6) is -0.130. The molecule has 1 aromatic carbocycles. The van der Waals surface area contributed by atoms with E-state index < -0.39 is 16.1 Å². The van der Waals surface area contributed by atoms with Gasteiger partial charge in [-0.3, -0.25) is 0 Å². The second-order valence-electron chi connectivity index (χ2n) is 4.37. The van der Waals surface area contributed by atoms with Gasteiger partial charge in [0.05, 0.1) is 23.5 Å². The van der Waals surface area contributed by atoms with E-state index in [0.29, 0.717) is 24.1 Å². The Morgan fingerprint density at radius 1 is 1.50 bits per heavy atom. The van der Waals surface area contributed by atoms with Crippen molar-refractivity contribution in [2.24, 2.45) is 0 Å². The molecule has 1 N–H and O–H groups in total. The van der Waals surface area contributed by atoms with E-state index in [9.17, 15) is 13.5 Å². The summed E-state index contributed by atoms with van der Waals surface area (Å²) >= 11 is 0. The number of aliphatic hydroxyl groups is 1. The maximum Gasteiger partial charge on any atom is 0.218 e. The van der Waals surface area contributed by atoms with Crippen LogP contribution in [0, 0.1) is 11.3 Å². The first-order valence-electron chi connectivity index (χ1n) is 5.66. The van der Waals surface area contributed by atoms with E-state index in [2.05, 4.69) is 0 Å². The van der Waals surface area contributed by atoms with Gasteiger partial charge in [0.25, 0.3) is 0 Å². The number of aliphatic hydroxyl groups excluding tert-OH is 1. The highest BCUT2D eigenvalue weighted by Crippen LogP contribution is 2.18. The molecule has 1 saturated heterocycles. The number of β-amino-alcohol motifs (C(OH)–C–C–N with tert-alkyl or cyclic N) is 1. The zero-order valence-corrected chi connectivity index (χ0v) is 10.6. The third kappa shape index (κ3) is 2.88. The van der Waals surface area contributed by atoms with E-state index in [1.165, 1.54) is 4.31 Å². The van der Waals surface area contributed by atoms with Crippen LogP contribution in [0.15, 0.2) is 24.3 Å². The van der Waals surface area contributed by atoms with Crippen molar-refractivity contribution in [2.45, 2.75) is 18.3 Å². The Labute approximate surface area is 106 Å². The van der Waals surface area contributed by atoms with Crippen LogP contribution in [0.25, 0.3) is 0 Å². The lowest BCUT2D eigenvalue weighted by Crippen LogP contribution is -2.30. The Hall–Kier alpha value is -1.42. The molecule has 0 bridgehead atoms. The largest absolute Gasteiger partial charge is 0.392 e. The number of benzene rings is 1. The highest BCUT2D eigenvalue weighted by molar-refractivity contribution is 7.88. The topological polar surface area (TPSA) is 81.4 Å². The highest BCUT2D eigenvalue weighted by Gasteiger charge is 2.30. The monoisotopic (exact) mass is 266 g/mol. The molecule has 6 heteroatoms. The van der Waals surface area contributed by atoms with Gasteiger partial charge in [0.2, 0.25) is 10.0 Å². The molecule has 2 rings (SSSR count). The van der Waals surface area contributed by atoms with Crippen molar-refractivity contribution in [3.05, 3.63) is 35.4 Å². The number of hydrogen-bond donors (Lipinski definition) is 1. The number of nitriles is 1. The van der Waals surface area contributed by atoms with Crippen LogP contribution in [-0.2, 0) is 15.8 Å². The molecule has 0 spiro atoms. The molecular formula is C12H14N2O3S. The summed E-state index contributed by atoms with van der Waals surface area (Å²) in [5.41, 5.74) is 1.04. The van der Waals surface area contributed by atoms with Gasteiger partial charge < -0.3 is 5.11 Å². The Bertz CT molecular complexity index is 577. The SMILES string of the molecule is N#Cc1cccc(CS(=O)(=O)N2CC[C@H](O)C2)c1.